The number of nitrogens with zero attached hydrogens (tertiary/aromatic N) is 2. The molecular weight excluding hydrogens is 439 g/mol. The fourth-order valence-electron chi connectivity index (χ4n) is 3.48. The van der Waals surface area contributed by atoms with Gasteiger partial charge in [-0.05, 0) is 26.0 Å². The average Bonchev–Trinajstić information content (AvgIpc) is 3.04. The van der Waals surface area contributed by atoms with E-state index in [4.69, 9.17) is 4.99 Å². The molecule has 1 saturated carbocycles. The van der Waals surface area contributed by atoms with E-state index in [0.29, 0.717) is 5.54 Å². The molecule has 0 bridgehead atoms. The first-order chi connectivity index (χ1) is 10.8. The molecule has 136 valence electrons. The van der Waals surface area contributed by atoms with Crippen molar-refractivity contribution in [3.05, 3.63) is 0 Å². The van der Waals surface area contributed by atoms with Crippen LogP contribution in [0.1, 0.15) is 32.6 Å². The van der Waals surface area contributed by atoms with Crippen molar-refractivity contribution in [2.45, 2.75) is 38.1 Å². The summed E-state index contributed by atoms with van der Waals surface area (Å²) in [6.07, 6.45) is 7.54. The lowest BCUT2D eigenvalue weighted by molar-refractivity contribution is 0.112. The maximum atomic E-state index is 4.95. The number of aliphatic imine (C=N–C) groups is 1. The summed E-state index contributed by atoms with van der Waals surface area (Å²) in [6, 6.07) is 0. The lowest BCUT2D eigenvalue weighted by atomic mass is 9.95. The molecule has 23 heavy (non-hydrogen) atoms. The first kappa shape index (κ1) is 21.7. The van der Waals surface area contributed by atoms with Crippen molar-refractivity contribution < 1.29 is 0 Å². The molecule has 0 atom stereocenters. The average molecular weight is 473 g/mol. The van der Waals surface area contributed by atoms with E-state index in [1.807, 2.05) is 11.8 Å². The van der Waals surface area contributed by atoms with Crippen LogP contribution in [0.3, 0.4) is 0 Å². The van der Waals surface area contributed by atoms with Crippen LogP contribution in [-0.4, -0.2) is 72.6 Å². The maximum Gasteiger partial charge on any atom is 0.191 e. The molecule has 1 aliphatic carbocycles. The Balaban J connectivity index is 0.00000264. The van der Waals surface area contributed by atoms with E-state index >= 15 is 0 Å². The van der Waals surface area contributed by atoms with Crippen molar-refractivity contribution in [1.82, 2.24) is 15.5 Å². The minimum Gasteiger partial charge on any atom is -0.357 e. The number of thioether (sulfide) groups is 2. The van der Waals surface area contributed by atoms with Crippen molar-refractivity contribution >= 4 is 53.5 Å². The van der Waals surface area contributed by atoms with E-state index in [9.17, 15) is 0 Å². The zero-order chi connectivity index (χ0) is 15.7. The quantitative estimate of drug-likeness (QED) is 0.258. The van der Waals surface area contributed by atoms with E-state index < -0.39 is 0 Å². The van der Waals surface area contributed by atoms with Crippen molar-refractivity contribution in [3.63, 3.8) is 0 Å². The summed E-state index contributed by atoms with van der Waals surface area (Å²) in [5, 5.41) is 6.85. The predicted molar refractivity (Wildman–Crippen MR) is 118 cm³/mol. The number of hydrogen-bond donors (Lipinski definition) is 2. The predicted octanol–water partition coefficient (Wildman–Crippen LogP) is 2.88. The van der Waals surface area contributed by atoms with Crippen molar-refractivity contribution in [3.8, 4) is 0 Å². The molecule has 0 aromatic heterocycles. The number of guanidine groups is 1. The lowest BCUT2D eigenvalue weighted by Gasteiger charge is -2.42. The van der Waals surface area contributed by atoms with Gasteiger partial charge < -0.3 is 10.6 Å². The van der Waals surface area contributed by atoms with Crippen LogP contribution < -0.4 is 10.6 Å². The Morgan fingerprint density at radius 3 is 2.52 bits per heavy atom. The number of nitrogens with one attached hydrogen (secondary N) is 2. The van der Waals surface area contributed by atoms with Crippen LogP contribution in [0.25, 0.3) is 0 Å². The largest absolute Gasteiger partial charge is 0.357 e. The molecular formula is C16H33IN4S2. The number of rotatable bonds is 7. The van der Waals surface area contributed by atoms with Gasteiger partial charge in [0.05, 0.1) is 6.54 Å². The minimum atomic E-state index is 0. The summed E-state index contributed by atoms with van der Waals surface area (Å²) in [6.45, 7) is 7.50. The van der Waals surface area contributed by atoms with Crippen LogP contribution in [0.15, 0.2) is 4.99 Å². The number of halogens is 1. The normalized spacial score (nSPS) is 21.7. The van der Waals surface area contributed by atoms with Crippen LogP contribution in [0, 0.1) is 0 Å². The summed E-state index contributed by atoms with van der Waals surface area (Å²) in [5.74, 6) is 4.70. The molecule has 0 aromatic rings. The third-order valence-corrected chi connectivity index (χ3v) is 6.25. The van der Waals surface area contributed by atoms with Crippen molar-refractivity contribution in [1.29, 1.82) is 0 Å². The Hall–Kier alpha value is 0.660. The van der Waals surface area contributed by atoms with Gasteiger partial charge in [0, 0.05) is 49.0 Å². The SMILES string of the molecule is CCNC(=NCC1(N2CCSCC2)CCCC1)NCCSC.I. The molecule has 7 heteroatoms. The summed E-state index contributed by atoms with van der Waals surface area (Å²) in [4.78, 5) is 7.69. The van der Waals surface area contributed by atoms with Gasteiger partial charge in [0.2, 0.25) is 0 Å². The van der Waals surface area contributed by atoms with Crippen LogP contribution >= 0.6 is 47.5 Å². The Morgan fingerprint density at radius 1 is 1.22 bits per heavy atom. The van der Waals surface area contributed by atoms with Gasteiger partial charge in [0.1, 0.15) is 0 Å². The topological polar surface area (TPSA) is 39.7 Å². The molecule has 1 aliphatic heterocycles. The van der Waals surface area contributed by atoms with Gasteiger partial charge in [-0.2, -0.15) is 23.5 Å². The van der Waals surface area contributed by atoms with Gasteiger partial charge >= 0.3 is 0 Å². The maximum absolute atomic E-state index is 4.95. The Morgan fingerprint density at radius 2 is 1.91 bits per heavy atom. The summed E-state index contributed by atoms with van der Waals surface area (Å²) >= 11 is 3.97. The first-order valence-electron chi connectivity index (χ1n) is 8.65. The highest BCUT2D eigenvalue weighted by Crippen LogP contribution is 2.37. The van der Waals surface area contributed by atoms with Gasteiger partial charge in [-0.1, -0.05) is 12.8 Å². The van der Waals surface area contributed by atoms with Gasteiger partial charge in [-0.15, -0.1) is 24.0 Å². The lowest BCUT2D eigenvalue weighted by Crippen LogP contribution is -2.53. The molecule has 1 heterocycles. The minimum absolute atomic E-state index is 0. The molecule has 0 unspecified atom stereocenters. The second-order valence-electron chi connectivity index (χ2n) is 6.15. The molecule has 1 saturated heterocycles. The zero-order valence-corrected chi connectivity index (χ0v) is 18.6. The fourth-order valence-corrected chi connectivity index (χ4v) is 4.69. The molecule has 0 spiro atoms. The molecule has 0 radical (unpaired) electrons. The molecule has 0 aromatic carbocycles. The van der Waals surface area contributed by atoms with Crippen LogP contribution in [0.5, 0.6) is 0 Å². The molecule has 2 N–H and O–H groups in total. The molecule has 2 rings (SSSR count). The Kier molecular flexibility index (Phi) is 11.4. The third kappa shape index (κ3) is 6.82. The smallest absolute Gasteiger partial charge is 0.191 e. The summed E-state index contributed by atoms with van der Waals surface area (Å²) < 4.78 is 0. The first-order valence-corrected chi connectivity index (χ1v) is 11.2. The van der Waals surface area contributed by atoms with Gasteiger partial charge in [-0.25, -0.2) is 0 Å². The van der Waals surface area contributed by atoms with Crippen LogP contribution in [0.2, 0.25) is 0 Å². The van der Waals surface area contributed by atoms with Gasteiger partial charge in [0.15, 0.2) is 5.96 Å². The van der Waals surface area contributed by atoms with Gasteiger partial charge in [0.25, 0.3) is 0 Å². The summed E-state index contributed by atoms with van der Waals surface area (Å²) in [5.41, 5.74) is 0.336. The zero-order valence-electron chi connectivity index (χ0n) is 14.6. The number of hydrogen-bond acceptors (Lipinski definition) is 4. The highest BCUT2D eigenvalue weighted by atomic mass is 127. The van der Waals surface area contributed by atoms with Crippen molar-refractivity contribution in [2.75, 3.05) is 56.2 Å². The van der Waals surface area contributed by atoms with Gasteiger partial charge in [-0.3, -0.25) is 9.89 Å². The highest BCUT2D eigenvalue weighted by molar-refractivity contribution is 14.0. The van der Waals surface area contributed by atoms with E-state index in [0.717, 1.165) is 31.3 Å². The van der Waals surface area contributed by atoms with E-state index in [1.165, 1.54) is 50.3 Å². The highest BCUT2D eigenvalue weighted by Gasteiger charge is 2.39. The van der Waals surface area contributed by atoms with E-state index in [2.05, 4.69) is 40.5 Å². The fraction of sp³-hybridized carbons (Fsp3) is 0.938. The molecule has 0 amide bonds. The Bertz CT molecular complexity index is 343. The van der Waals surface area contributed by atoms with E-state index in [1.54, 1.807) is 0 Å². The van der Waals surface area contributed by atoms with Crippen molar-refractivity contribution in [2.24, 2.45) is 4.99 Å². The monoisotopic (exact) mass is 472 g/mol. The van der Waals surface area contributed by atoms with Crippen LogP contribution in [-0.2, 0) is 0 Å². The van der Waals surface area contributed by atoms with Crippen LogP contribution in [0.4, 0.5) is 0 Å². The second kappa shape index (κ2) is 12.1. The summed E-state index contributed by atoms with van der Waals surface area (Å²) in [7, 11) is 0. The third-order valence-electron chi connectivity index (χ3n) is 4.69. The standard InChI is InChI=1S/C16H32N4S2.HI/c1-3-17-15(18-8-11-21-2)19-14-16(6-4-5-7-16)20-9-12-22-13-10-20;/h3-14H2,1-2H3,(H2,17,18,19);1H. The molecule has 2 fully saturated rings. The second-order valence-corrected chi connectivity index (χ2v) is 8.36. The Labute approximate surface area is 167 Å². The molecule has 4 nitrogen and oxygen atoms in total. The molecule has 2 aliphatic rings. The van der Waals surface area contributed by atoms with E-state index in [-0.39, 0.29) is 24.0 Å².